The van der Waals surface area contributed by atoms with Gasteiger partial charge in [0.25, 0.3) is 0 Å². The number of rotatable bonds is 3. The molecule has 0 aromatic heterocycles. The molecule has 3 aliphatic rings. The van der Waals surface area contributed by atoms with E-state index in [9.17, 15) is 4.79 Å². The molecule has 0 radical (unpaired) electrons. The molecule has 6 nitrogen and oxygen atoms in total. The minimum absolute atomic E-state index is 0.0312. The summed E-state index contributed by atoms with van der Waals surface area (Å²) in [5.74, 6) is 0.0530. The lowest BCUT2D eigenvalue weighted by Gasteiger charge is -2.36. The molecule has 6 heteroatoms. The number of carbonyl (C=O) groups excluding carboxylic acids is 1. The van der Waals surface area contributed by atoms with Crippen molar-refractivity contribution in [3.05, 3.63) is 0 Å². The first-order valence-corrected chi connectivity index (χ1v) is 8.20. The first-order chi connectivity index (χ1) is 10.2. The Hall–Kier alpha value is -1.30. The van der Waals surface area contributed by atoms with Gasteiger partial charge in [0, 0.05) is 18.6 Å². The zero-order valence-corrected chi connectivity index (χ0v) is 12.6. The molecular weight excluding hydrogens is 268 g/mol. The Kier molecular flexibility index (Phi) is 4.06. The Bertz CT molecular complexity index is 431. The van der Waals surface area contributed by atoms with Gasteiger partial charge in [-0.15, -0.1) is 0 Å². The summed E-state index contributed by atoms with van der Waals surface area (Å²) >= 11 is 0. The van der Waals surface area contributed by atoms with Crippen LogP contribution in [0.2, 0.25) is 0 Å². The lowest BCUT2D eigenvalue weighted by Crippen LogP contribution is -2.54. The largest absolute Gasteiger partial charge is 0.409 e. The molecule has 0 aromatic carbocycles. The second-order valence-corrected chi connectivity index (χ2v) is 6.74. The van der Waals surface area contributed by atoms with Crippen LogP contribution in [0, 0.1) is 5.41 Å². The zero-order valence-electron chi connectivity index (χ0n) is 12.6. The minimum Gasteiger partial charge on any atom is -0.409 e. The normalized spacial score (nSPS) is 32.9. The molecule has 2 heterocycles. The van der Waals surface area contributed by atoms with Crippen molar-refractivity contribution in [2.45, 2.75) is 63.5 Å². The fourth-order valence-electron chi connectivity index (χ4n) is 4.41. The highest BCUT2D eigenvalue weighted by atomic mass is 16.4. The van der Waals surface area contributed by atoms with Crippen molar-refractivity contribution in [1.82, 2.24) is 10.2 Å². The summed E-state index contributed by atoms with van der Waals surface area (Å²) in [7, 11) is 0. The molecule has 118 valence electrons. The molecule has 3 fully saturated rings. The van der Waals surface area contributed by atoms with Crippen LogP contribution in [-0.4, -0.2) is 47.0 Å². The number of nitrogens with zero attached hydrogens (tertiary/aromatic N) is 2. The molecule has 2 atom stereocenters. The van der Waals surface area contributed by atoms with Crippen molar-refractivity contribution < 1.29 is 10.0 Å². The van der Waals surface area contributed by atoms with Crippen LogP contribution in [0.3, 0.4) is 0 Å². The number of hydrogen-bond donors (Lipinski definition) is 3. The molecular formula is C15H26N4O2. The average Bonchev–Trinajstić information content (AvgIpc) is 3.12. The van der Waals surface area contributed by atoms with Crippen LogP contribution in [-0.2, 0) is 4.79 Å². The van der Waals surface area contributed by atoms with Gasteiger partial charge in [-0.25, -0.2) is 0 Å². The fraction of sp³-hybridized carbons (Fsp3) is 0.867. The second kappa shape index (κ2) is 5.83. The van der Waals surface area contributed by atoms with E-state index in [2.05, 4.69) is 15.4 Å². The minimum atomic E-state index is -0.793. The second-order valence-electron chi connectivity index (χ2n) is 6.74. The van der Waals surface area contributed by atoms with E-state index in [1.807, 2.05) is 0 Å². The number of nitrogens with one attached hydrogen (secondary N) is 1. The molecule has 1 aliphatic carbocycles. The van der Waals surface area contributed by atoms with Crippen LogP contribution < -0.4 is 11.1 Å². The summed E-state index contributed by atoms with van der Waals surface area (Å²) < 4.78 is 0. The van der Waals surface area contributed by atoms with Crippen molar-refractivity contribution in [2.24, 2.45) is 16.3 Å². The molecule has 2 aliphatic heterocycles. The van der Waals surface area contributed by atoms with Crippen LogP contribution in [0.1, 0.15) is 51.4 Å². The summed E-state index contributed by atoms with van der Waals surface area (Å²) in [6.45, 7) is 2.23. The molecule has 4 N–H and O–H groups in total. The van der Waals surface area contributed by atoms with Crippen LogP contribution >= 0.6 is 0 Å². The number of oxime groups is 1. The maximum Gasteiger partial charge on any atom is 0.234 e. The van der Waals surface area contributed by atoms with Gasteiger partial charge in [-0.05, 0) is 38.6 Å². The first-order valence-electron chi connectivity index (χ1n) is 8.20. The van der Waals surface area contributed by atoms with E-state index in [1.165, 1.54) is 12.8 Å². The Morgan fingerprint density at radius 1 is 1.19 bits per heavy atom. The van der Waals surface area contributed by atoms with Gasteiger partial charge in [0.05, 0.1) is 0 Å². The van der Waals surface area contributed by atoms with Gasteiger partial charge in [-0.3, -0.25) is 9.69 Å². The number of nitrogens with two attached hydrogens (primary N) is 1. The quantitative estimate of drug-likeness (QED) is 0.314. The van der Waals surface area contributed by atoms with Crippen LogP contribution in [0.25, 0.3) is 0 Å². The highest BCUT2D eigenvalue weighted by Crippen LogP contribution is 2.38. The van der Waals surface area contributed by atoms with Gasteiger partial charge in [0.1, 0.15) is 5.41 Å². The third-order valence-electron chi connectivity index (χ3n) is 5.66. The van der Waals surface area contributed by atoms with E-state index >= 15 is 0 Å². The molecule has 0 aromatic rings. The Balaban J connectivity index is 1.72. The van der Waals surface area contributed by atoms with E-state index < -0.39 is 5.41 Å². The Morgan fingerprint density at radius 2 is 1.95 bits per heavy atom. The summed E-state index contributed by atoms with van der Waals surface area (Å²) in [5.41, 5.74) is 5.10. The van der Waals surface area contributed by atoms with E-state index in [0.29, 0.717) is 18.9 Å². The highest BCUT2D eigenvalue weighted by Gasteiger charge is 2.46. The number of hydrogen-bond acceptors (Lipinski definition) is 4. The molecule has 0 spiro atoms. The number of amides is 1. The van der Waals surface area contributed by atoms with Gasteiger partial charge in [0.2, 0.25) is 5.91 Å². The number of amidine groups is 1. The highest BCUT2D eigenvalue weighted by molar-refractivity contribution is 6.06. The zero-order chi connectivity index (χ0) is 14.9. The van der Waals surface area contributed by atoms with Crippen molar-refractivity contribution >= 4 is 11.7 Å². The topological polar surface area (TPSA) is 91.0 Å². The standard InChI is InChI=1S/C15H26N4O2/c16-13(18-21)15(7-2-1-3-8-15)14(20)17-11-6-10-19-9-4-5-12(11)19/h11-12,21H,1-10H2,(H2,16,18)(H,17,20). The molecule has 1 amide bonds. The van der Waals surface area contributed by atoms with Gasteiger partial charge in [0.15, 0.2) is 5.84 Å². The number of fused-ring (bicyclic) bond motifs is 1. The molecule has 3 rings (SSSR count). The van der Waals surface area contributed by atoms with Gasteiger partial charge in [-0.2, -0.15) is 0 Å². The third-order valence-corrected chi connectivity index (χ3v) is 5.66. The predicted molar refractivity (Wildman–Crippen MR) is 80.1 cm³/mol. The molecule has 2 unspecified atom stereocenters. The van der Waals surface area contributed by atoms with Gasteiger partial charge >= 0.3 is 0 Å². The van der Waals surface area contributed by atoms with Crippen molar-refractivity contribution in [3.8, 4) is 0 Å². The van der Waals surface area contributed by atoms with Gasteiger partial charge in [-0.1, -0.05) is 24.4 Å². The summed E-state index contributed by atoms with van der Waals surface area (Å²) in [6, 6.07) is 0.715. The van der Waals surface area contributed by atoms with E-state index in [1.54, 1.807) is 0 Å². The summed E-state index contributed by atoms with van der Waals surface area (Å²) in [5, 5.41) is 15.5. The maximum absolute atomic E-state index is 12.9. The molecule has 2 saturated heterocycles. The average molecular weight is 294 g/mol. The Labute approximate surface area is 125 Å². The van der Waals surface area contributed by atoms with E-state index in [0.717, 1.165) is 38.8 Å². The monoisotopic (exact) mass is 294 g/mol. The maximum atomic E-state index is 12.9. The SMILES string of the molecule is NC(=NO)C1(C(=O)NC2CCN3CCCC23)CCCCC1. The van der Waals surface area contributed by atoms with Crippen LogP contribution in [0.15, 0.2) is 5.16 Å². The molecule has 1 saturated carbocycles. The summed E-state index contributed by atoms with van der Waals surface area (Å²) in [6.07, 6.45) is 7.83. The van der Waals surface area contributed by atoms with Crippen molar-refractivity contribution in [1.29, 1.82) is 0 Å². The van der Waals surface area contributed by atoms with Gasteiger partial charge < -0.3 is 16.3 Å². The van der Waals surface area contributed by atoms with Crippen LogP contribution in [0.4, 0.5) is 0 Å². The third kappa shape index (κ3) is 2.50. The smallest absolute Gasteiger partial charge is 0.234 e. The van der Waals surface area contributed by atoms with Crippen molar-refractivity contribution in [3.63, 3.8) is 0 Å². The lowest BCUT2D eigenvalue weighted by atomic mass is 9.72. The predicted octanol–water partition coefficient (Wildman–Crippen LogP) is 1.04. The number of carbonyl (C=O) groups is 1. The van der Waals surface area contributed by atoms with Crippen molar-refractivity contribution in [2.75, 3.05) is 13.1 Å². The Morgan fingerprint density at radius 3 is 2.67 bits per heavy atom. The molecule has 21 heavy (non-hydrogen) atoms. The molecule has 0 bridgehead atoms. The fourth-order valence-corrected chi connectivity index (χ4v) is 4.41. The van der Waals surface area contributed by atoms with E-state index in [-0.39, 0.29) is 17.8 Å². The van der Waals surface area contributed by atoms with Crippen LogP contribution in [0.5, 0.6) is 0 Å². The van der Waals surface area contributed by atoms with E-state index in [4.69, 9.17) is 10.9 Å². The lowest BCUT2D eigenvalue weighted by molar-refractivity contribution is -0.129. The summed E-state index contributed by atoms with van der Waals surface area (Å²) in [4.78, 5) is 15.3. The first kappa shape index (κ1) is 14.6.